The van der Waals surface area contributed by atoms with Crippen molar-refractivity contribution in [2.24, 2.45) is 0 Å². The van der Waals surface area contributed by atoms with E-state index in [1.54, 1.807) is 6.08 Å². The Bertz CT molecular complexity index is 921. The van der Waals surface area contributed by atoms with E-state index in [4.69, 9.17) is 14.0 Å². The zero-order chi connectivity index (χ0) is 34.4. The minimum absolute atomic E-state index is 0.244. The number of carbonyl (C=O) groups excluding carboxylic acids is 1. The second-order valence-electron chi connectivity index (χ2n) is 12.3. The molecule has 0 aromatic rings. The zero-order valence-corrected chi connectivity index (χ0v) is 28.6. The lowest BCUT2D eigenvalue weighted by Gasteiger charge is -2.41. The van der Waals surface area contributed by atoms with Crippen molar-refractivity contribution in [1.82, 2.24) is 5.32 Å². The molecule has 13 nitrogen and oxygen atoms in total. The van der Waals surface area contributed by atoms with Crippen LogP contribution in [0.15, 0.2) is 12.2 Å². The van der Waals surface area contributed by atoms with Gasteiger partial charge in [-0.2, -0.15) is 8.42 Å². The third-order valence-electron chi connectivity index (χ3n) is 8.18. The van der Waals surface area contributed by atoms with Crippen LogP contribution >= 0.6 is 0 Å². The van der Waals surface area contributed by atoms with Crippen molar-refractivity contribution in [1.29, 1.82) is 0 Å². The van der Waals surface area contributed by atoms with Gasteiger partial charge in [-0.05, 0) is 19.3 Å². The number of aliphatic hydroxyl groups is 5. The third-order valence-corrected chi connectivity index (χ3v) is 8.64. The van der Waals surface area contributed by atoms with Crippen LogP contribution in [0.25, 0.3) is 0 Å². The lowest BCUT2D eigenvalue weighted by atomic mass is 9.99. The summed E-state index contributed by atoms with van der Waals surface area (Å²) in [6, 6.07) is -1.11. The summed E-state index contributed by atoms with van der Waals surface area (Å²) >= 11 is 0. The summed E-state index contributed by atoms with van der Waals surface area (Å²) in [4.78, 5) is 12.9. The van der Waals surface area contributed by atoms with Crippen molar-refractivity contribution >= 4 is 16.3 Å². The molecule has 0 aromatic carbocycles. The molecule has 1 rings (SSSR count). The number of hydrogen-bond donors (Lipinski definition) is 7. The first kappa shape index (κ1) is 42.8. The van der Waals surface area contributed by atoms with Crippen LogP contribution in [0.4, 0.5) is 0 Å². The fourth-order valence-corrected chi connectivity index (χ4v) is 5.85. The van der Waals surface area contributed by atoms with E-state index in [1.165, 1.54) is 57.4 Å². The minimum Gasteiger partial charge on any atom is -0.394 e. The molecule has 1 saturated heterocycles. The number of hydrogen-bond acceptors (Lipinski definition) is 11. The molecule has 7 N–H and O–H groups in total. The molecule has 0 spiro atoms. The highest BCUT2D eigenvalue weighted by molar-refractivity contribution is 7.80. The Kier molecular flexibility index (Phi) is 23.2. The van der Waals surface area contributed by atoms with Crippen LogP contribution in [-0.2, 0) is 28.9 Å². The van der Waals surface area contributed by atoms with E-state index in [9.17, 15) is 38.7 Å². The molecule has 0 saturated carbocycles. The summed E-state index contributed by atoms with van der Waals surface area (Å²) in [6.45, 7) is 3.07. The molecule has 0 bridgehead atoms. The largest absolute Gasteiger partial charge is 0.397 e. The van der Waals surface area contributed by atoms with Gasteiger partial charge in [0.1, 0.15) is 30.5 Å². The van der Waals surface area contributed by atoms with E-state index in [2.05, 4.69) is 23.3 Å². The van der Waals surface area contributed by atoms with Gasteiger partial charge in [0.2, 0.25) is 5.91 Å². The second kappa shape index (κ2) is 24.9. The van der Waals surface area contributed by atoms with Crippen LogP contribution in [-0.4, -0.2) is 107 Å². The maximum atomic E-state index is 12.9. The summed E-state index contributed by atoms with van der Waals surface area (Å²) in [5.41, 5.74) is 0. The maximum Gasteiger partial charge on any atom is 0.397 e. The van der Waals surface area contributed by atoms with Gasteiger partial charge in [-0.1, -0.05) is 116 Å². The standard InChI is InChI=1S/C32H61NO12S/c1-3-5-7-9-11-13-15-16-18-20-25(35)24(33-31(39)26(36)21-19-17-14-12-10-8-6-4-2)23-43-32-29(38)30(45-46(40,41)42)28(37)27(22-34)44-32/h18,20,24-30,32,34-38H,3-17,19,21-23H2,1-2H3,(H,33,39)(H,40,41,42)/b20-18+. The summed E-state index contributed by atoms with van der Waals surface area (Å²) in [7, 11) is -5.10. The molecule has 8 unspecified atom stereocenters. The van der Waals surface area contributed by atoms with E-state index >= 15 is 0 Å². The Morgan fingerprint density at radius 2 is 1.41 bits per heavy atom. The number of aliphatic hydroxyl groups excluding tert-OH is 5. The first-order valence-electron chi connectivity index (χ1n) is 17.2. The molecule has 46 heavy (non-hydrogen) atoms. The first-order chi connectivity index (χ1) is 21.9. The molecule has 0 radical (unpaired) electrons. The number of allylic oxidation sites excluding steroid dienone is 1. The predicted octanol–water partition coefficient (Wildman–Crippen LogP) is 3.06. The van der Waals surface area contributed by atoms with Crippen molar-refractivity contribution < 1.29 is 57.0 Å². The average molecular weight is 684 g/mol. The third kappa shape index (κ3) is 18.4. The van der Waals surface area contributed by atoms with Crippen LogP contribution in [0.3, 0.4) is 0 Å². The molecule has 1 amide bonds. The fraction of sp³-hybridized carbons (Fsp3) is 0.906. The molecule has 1 heterocycles. The predicted molar refractivity (Wildman–Crippen MR) is 173 cm³/mol. The van der Waals surface area contributed by atoms with Crippen molar-refractivity contribution in [3.8, 4) is 0 Å². The smallest absolute Gasteiger partial charge is 0.394 e. The summed E-state index contributed by atoms with van der Waals surface area (Å²) in [5.74, 6) is -0.711. The van der Waals surface area contributed by atoms with Crippen LogP contribution in [0.5, 0.6) is 0 Å². The molecule has 1 aliphatic rings. The SMILES string of the molecule is CCCCCCCCC/C=C/C(O)C(COC1OC(CO)C(O)C(OS(=O)(=O)O)C1O)NC(=O)C(O)CCCCCCCCCC. The molecule has 14 heteroatoms. The number of nitrogens with one attached hydrogen (secondary N) is 1. The molecular weight excluding hydrogens is 622 g/mol. The van der Waals surface area contributed by atoms with Gasteiger partial charge in [0, 0.05) is 0 Å². The molecule has 0 aromatic heterocycles. The normalized spacial score (nSPS) is 24.2. The Morgan fingerprint density at radius 1 is 0.870 bits per heavy atom. The van der Waals surface area contributed by atoms with Crippen molar-refractivity contribution in [3.63, 3.8) is 0 Å². The highest BCUT2D eigenvalue weighted by Crippen LogP contribution is 2.26. The molecule has 0 aliphatic carbocycles. The summed E-state index contributed by atoms with van der Waals surface area (Å²) < 4.78 is 47.0. The number of ether oxygens (including phenoxy) is 2. The Balaban J connectivity index is 2.81. The van der Waals surface area contributed by atoms with E-state index in [1.807, 2.05) is 0 Å². The van der Waals surface area contributed by atoms with E-state index in [0.29, 0.717) is 12.8 Å². The highest BCUT2D eigenvalue weighted by atomic mass is 32.3. The number of carbonyl (C=O) groups is 1. The van der Waals surface area contributed by atoms with Gasteiger partial charge in [-0.3, -0.25) is 9.35 Å². The van der Waals surface area contributed by atoms with Crippen LogP contribution in [0.1, 0.15) is 123 Å². The van der Waals surface area contributed by atoms with E-state index < -0.39 is 78.5 Å². The van der Waals surface area contributed by atoms with Crippen molar-refractivity contribution in [2.75, 3.05) is 13.2 Å². The number of amides is 1. The van der Waals surface area contributed by atoms with Gasteiger partial charge in [-0.15, -0.1) is 0 Å². The monoisotopic (exact) mass is 683 g/mol. The first-order valence-corrected chi connectivity index (χ1v) is 18.5. The molecule has 1 aliphatic heterocycles. The molecule has 1 fully saturated rings. The Labute approximate surface area is 275 Å². The lowest BCUT2D eigenvalue weighted by molar-refractivity contribution is -0.298. The van der Waals surface area contributed by atoms with Gasteiger partial charge in [0.05, 0.1) is 25.4 Å². The average Bonchev–Trinajstić information content (AvgIpc) is 3.01. The highest BCUT2D eigenvalue weighted by Gasteiger charge is 2.48. The quantitative estimate of drug-likeness (QED) is 0.0378. The van der Waals surface area contributed by atoms with Gasteiger partial charge in [-0.25, -0.2) is 4.18 Å². The molecule has 8 atom stereocenters. The fourth-order valence-electron chi connectivity index (χ4n) is 5.34. The van der Waals surface area contributed by atoms with E-state index in [0.717, 1.165) is 38.5 Å². The lowest BCUT2D eigenvalue weighted by Crippen LogP contribution is -2.61. The van der Waals surface area contributed by atoms with Crippen molar-refractivity contribution in [3.05, 3.63) is 12.2 Å². The zero-order valence-electron chi connectivity index (χ0n) is 27.7. The van der Waals surface area contributed by atoms with Crippen LogP contribution in [0.2, 0.25) is 0 Å². The Hall–Kier alpha value is -1.20. The van der Waals surface area contributed by atoms with Gasteiger partial charge in [0.15, 0.2) is 6.29 Å². The summed E-state index contributed by atoms with van der Waals surface area (Å²) in [5, 5.41) is 54.4. The Morgan fingerprint density at radius 3 is 1.96 bits per heavy atom. The minimum atomic E-state index is -5.10. The second-order valence-corrected chi connectivity index (χ2v) is 13.3. The summed E-state index contributed by atoms with van der Waals surface area (Å²) in [6.07, 6.45) is 9.29. The van der Waals surface area contributed by atoms with Gasteiger partial charge < -0.3 is 40.3 Å². The van der Waals surface area contributed by atoms with Gasteiger partial charge in [0.25, 0.3) is 0 Å². The maximum absolute atomic E-state index is 12.9. The van der Waals surface area contributed by atoms with Gasteiger partial charge >= 0.3 is 10.4 Å². The number of rotatable bonds is 27. The number of unbranched alkanes of at least 4 members (excludes halogenated alkanes) is 14. The van der Waals surface area contributed by atoms with Crippen LogP contribution < -0.4 is 5.32 Å². The molecule has 272 valence electrons. The van der Waals surface area contributed by atoms with E-state index in [-0.39, 0.29) is 6.42 Å². The topological polar surface area (TPSA) is 212 Å². The molecular formula is C32H61NO12S. The van der Waals surface area contributed by atoms with Crippen molar-refractivity contribution in [2.45, 2.75) is 172 Å². The van der Waals surface area contributed by atoms with Crippen LogP contribution in [0, 0.1) is 0 Å².